The Morgan fingerprint density at radius 2 is 1.94 bits per heavy atom. The van der Waals surface area contributed by atoms with Crippen molar-refractivity contribution in [2.75, 3.05) is 20.7 Å². The van der Waals surface area contributed by atoms with Gasteiger partial charge in [-0.1, -0.05) is 30.3 Å². The highest BCUT2D eigenvalue weighted by Gasteiger charge is 2.38. The topological polar surface area (TPSA) is 74.4 Å². The predicted octanol–water partition coefficient (Wildman–Crippen LogP) is 4.36. The number of cyclic esters (lactones) is 1. The third kappa shape index (κ3) is 3.58. The number of amides is 1. The number of benzene rings is 2. The number of carbonyl (C=O) groups is 2. The van der Waals surface area contributed by atoms with E-state index >= 15 is 0 Å². The molecule has 1 unspecified atom stereocenters. The number of carbonyl (C=O) groups excluding carboxylic acids is 2. The average molecular weight is 432 g/mol. The number of ketones is 1. The van der Waals surface area contributed by atoms with Crippen molar-refractivity contribution in [1.29, 1.82) is 0 Å². The molecule has 1 aliphatic carbocycles. The number of hydrogen-bond donors (Lipinski definition) is 2. The van der Waals surface area contributed by atoms with Crippen LogP contribution in [0.3, 0.4) is 0 Å². The van der Waals surface area contributed by atoms with Crippen LogP contribution in [-0.4, -0.2) is 54.5 Å². The van der Waals surface area contributed by atoms with E-state index < -0.39 is 18.1 Å². The quantitative estimate of drug-likeness (QED) is 0.569. The van der Waals surface area contributed by atoms with Gasteiger partial charge in [0, 0.05) is 28.7 Å². The Morgan fingerprint density at radius 1 is 1.16 bits per heavy atom. The number of aromatic amines is 1. The van der Waals surface area contributed by atoms with Crippen molar-refractivity contribution in [3.05, 3.63) is 70.9 Å². The van der Waals surface area contributed by atoms with E-state index in [9.17, 15) is 9.59 Å². The molecule has 3 aromatic rings. The minimum Gasteiger partial charge on any atom is -0.447 e. The van der Waals surface area contributed by atoms with Gasteiger partial charge in [-0.3, -0.25) is 4.79 Å². The van der Waals surface area contributed by atoms with Crippen LogP contribution >= 0.6 is 0 Å². The van der Waals surface area contributed by atoms with Crippen molar-refractivity contribution in [1.82, 2.24) is 15.2 Å². The number of ether oxygens (including phenoxy) is 1. The maximum absolute atomic E-state index is 13.7. The van der Waals surface area contributed by atoms with Crippen LogP contribution in [0, 0.1) is 6.92 Å². The molecule has 2 aliphatic rings. The molecule has 0 spiro atoms. The van der Waals surface area contributed by atoms with Gasteiger partial charge in [0.2, 0.25) is 0 Å². The maximum atomic E-state index is 13.7. The zero-order valence-corrected chi connectivity index (χ0v) is 18.7. The second-order valence-corrected chi connectivity index (χ2v) is 9.34. The summed E-state index contributed by atoms with van der Waals surface area (Å²) in [7, 11) is 4.27. The fraction of sp³-hybridized carbons (Fsp3) is 0.385. The first-order valence-corrected chi connectivity index (χ1v) is 11.2. The molecule has 2 heterocycles. The Morgan fingerprint density at radius 3 is 2.62 bits per heavy atom. The van der Waals surface area contributed by atoms with E-state index in [0.717, 1.165) is 34.9 Å². The van der Waals surface area contributed by atoms with Crippen LogP contribution in [0.2, 0.25) is 0 Å². The zero-order chi connectivity index (χ0) is 22.4. The van der Waals surface area contributed by atoms with E-state index in [-0.39, 0.29) is 12.4 Å². The Hall–Kier alpha value is -3.12. The van der Waals surface area contributed by atoms with Gasteiger partial charge in [-0.2, -0.15) is 0 Å². The molecule has 6 heteroatoms. The molecule has 0 radical (unpaired) electrons. The van der Waals surface area contributed by atoms with Gasteiger partial charge in [0.15, 0.2) is 5.78 Å². The number of alkyl carbamates (subject to hydrolysis) is 1. The van der Waals surface area contributed by atoms with Gasteiger partial charge in [0.1, 0.15) is 6.61 Å². The molecular weight excluding hydrogens is 402 g/mol. The second-order valence-electron chi connectivity index (χ2n) is 9.34. The number of rotatable bonds is 6. The lowest BCUT2D eigenvalue weighted by Crippen LogP contribution is -2.39. The Labute approximate surface area is 187 Å². The van der Waals surface area contributed by atoms with E-state index in [1.807, 2.05) is 43.3 Å². The molecule has 6 nitrogen and oxygen atoms in total. The van der Waals surface area contributed by atoms with Crippen molar-refractivity contribution >= 4 is 22.8 Å². The van der Waals surface area contributed by atoms with Crippen molar-refractivity contribution in [2.45, 2.75) is 43.7 Å². The highest BCUT2D eigenvalue weighted by atomic mass is 16.6. The molecule has 2 N–H and O–H groups in total. The van der Waals surface area contributed by atoms with Crippen LogP contribution in [0.15, 0.2) is 48.7 Å². The smallest absolute Gasteiger partial charge is 0.407 e. The molecular formula is C26H29N3O3. The van der Waals surface area contributed by atoms with E-state index in [1.165, 1.54) is 5.56 Å². The SMILES string of the molecule is Cc1ccccc1C(=O)C(c1ccc2[nH]cc([C@H]3C[C@H](N(C)C)C3)c2c1)[C@H]1COC(=O)N1. The molecule has 32 heavy (non-hydrogen) atoms. The highest BCUT2D eigenvalue weighted by molar-refractivity contribution is 6.03. The second kappa shape index (κ2) is 8.10. The summed E-state index contributed by atoms with van der Waals surface area (Å²) in [5.74, 6) is 0.0173. The van der Waals surface area contributed by atoms with E-state index in [4.69, 9.17) is 4.74 Å². The Kier molecular flexibility index (Phi) is 5.25. The first-order valence-electron chi connectivity index (χ1n) is 11.2. The number of Topliss-reactive ketones (excluding diaryl/α,β-unsaturated/α-hetero) is 1. The van der Waals surface area contributed by atoms with E-state index in [2.05, 4.69) is 41.6 Å². The Bertz CT molecular complexity index is 1180. The Balaban J connectivity index is 1.53. The lowest BCUT2D eigenvalue weighted by atomic mass is 9.75. The summed E-state index contributed by atoms with van der Waals surface area (Å²) in [6.45, 7) is 2.13. The number of fused-ring (bicyclic) bond motifs is 1. The lowest BCUT2D eigenvalue weighted by molar-refractivity contribution is 0.0938. The van der Waals surface area contributed by atoms with Crippen LogP contribution in [0.4, 0.5) is 4.79 Å². The lowest BCUT2D eigenvalue weighted by Gasteiger charge is -2.39. The number of aromatic nitrogens is 1. The van der Waals surface area contributed by atoms with Crippen LogP contribution in [0.1, 0.15) is 51.7 Å². The molecule has 5 rings (SSSR count). The summed E-state index contributed by atoms with van der Waals surface area (Å²) < 4.78 is 5.17. The molecule has 2 atom stereocenters. The molecule has 166 valence electrons. The molecule has 1 saturated carbocycles. The number of nitrogens with one attached hydrogen (secondary N) is 2. The van der Waals surface area contributed by atoms with Gasteiger partial charge in [-0.25, -0.2) is 4.79 Å². The number of hydrogen-bond acceptors (Lipinski definition) is 4. The fourth-order valence-electron chi connectivity index (χ4n) is 5.12. The van der Waals surface area contributed by atoms with Gasteiger partial charge in [-0.15, -0.1) is 0 Å². The largest absolute Gasteiger partial charge is 0.447 e. The van der Waals surface area contributed by atoms with Gasteiger partial charge < -0.3 is 19.9 Å². The standard InChI is InChI=1S/C26H29N3O3/c1-15-6-4-5-7-19(15)25(30)24(23-14-32-26(31)28-23)16-8-9-22-20(12-16)21(13-27-22)17-10-18(11-17)29(2)3/h4-9,12-13,17-18,23-24,27H,10-11,14H2,1-3H3,(H,28,31)/t17-,18-,23-,24?/m1/s1. The summed E-state index contributed by atoms with van der Waals surface area (Å²) in [4.78, 5) is 31.2. The van der Waals surface area contributed by atoms with Crippen LogP contribution in [0.25, 0.3) is 10.9 Å². The molecule has 1 amide bonds. The van der Waals surface area contributed by atoms with E-state index in [0.29, 0.717) is 17.5 Å². The highest BCUT2D eigenvalue weighted by Crippen LogP contribution is 2.42. The molecule has 0 bridgehead atoms. The summed E-state index contributed by atoms with van der Waals surface area (Å²) in [5.41, 5.74) is 4.91. The van der Waals surface area contributed by atoms with Crippen molar-refractivity contribution in [2.24, 2.45) is 0 Å². The van der Waals surface area contributed by atoms with Gasteiger partial charge in [0.25, 0.3) is 0 Å². The van der Waals surface area contributed by atoms with Crippen LogP contribution in [-0.2, 0) is 4.74 Å². The van der Waals surface area contributed by atoms with E-state index in [1.54, 1.807) is 0 Å². The summed E-state index contributed by atoms with van der Waals surface area (Å²) in [6.07, 6.45) is 3.93. The number of H-pyrrole nitrogens is 1. The molecule has 1 saturated heterocycles. The van der Waals surface area contributed by atoms with Gasteiger partial charge >= 0.3 is 6.09 Å². The van der Waals surface area contributed by atoms with Crippen molar-refractivity contribution in [3.8, 4) is 0 Å². The first-order chi connectivity index (χ1) is 15.4. The number of nitrogens with zero attached hydrogens (tertiary/aromatic N) is 1. The van der Waals surface area contributed by atoms with Crippen LogP contribution < -0.4 is 5.32 Å². The summed E-state index contributed by atoms with van der Waals surface area (Å²) in [6, 6.07) is 14.0. The molecule has 2 fully saturated rings. The zero-order valence-electron chi connectivity index (χ0n) is 18.7. The third-order valence-corrected chi connectivity index (χ3v) is 7.17. The monoisotopic (exact) mass is 431 g/mol. The van der Waals surface area contributed by atoms with Gasteiger partial charge in [0.05, 0.1) is 12.0 Å². The molecule has 2 aromatic carbocycles. The average Bonchev–Trinajstić information content (AvgIpc) is 3.34. The number of aryl methyl sites for hydroxylation is 1. The summed E-state index contributed by atoms with van der Waals surface area (Å²) >= 11 is 0. The fourth-order valence-corrected chi connectivity index (χ4v) is 5.12. The summed E-state index contributed by atoms with van der Waals surface area (Å²) in [5, 5.41) is 4.01. The molecule has 1 aliphatic heterocycles. The maximum Gasteiger partial charge on any atom is 0.407 e. The van der Waals surface area contributed by atoms with Crippen molar-refractivity contribution < 1.29 is 14.3 Å². The predicted molar refractivity (Wildman–Crippen MR) is 124 cm³/mol. The van der Waals surface area contributed by atoms with Crippen LogP contribution in [0.5, 0.6) is 0 Å². The first kappa shape index (κ1) is 20.8. The molecule has 1 aromatic heterocycles. The minimum atomic E-state index is -0.509. The third-order valence-electron chi connectivity index (χ3n) is 7.17. The normalized spacial score (nSPS) is 23.6. The van der Waals surface area contributed by atoms with Gasteiger partial charge in [-0.05, 0) is 68.6 Å². The van der Waals surface area contributed by atoms with Crippen molar-refractivity contribution in [3.63, 3.8) is 0 Å². The minimum absolute atomic E-state index is 0.00616.